The van der Waals surface area contributed by atoms with Gasteiger partial charge >= 0.3 is 0 Å². The Kier molecular flexibility index (Phi) is 4.96. The molecule has 0 unspecified atom stereocenters. The minimum atomic E-state index is -1.50. The van der Waals surface area contributed by atoms with Crippen LogP contribution in [0.15, 0.2) is 24.3 Å². The van der Waals surface area contributed by atoms with Gasteiger partial charge in [0.25, 0.3) is 0 Å². The van der Waals surface area contributed by atoms with Crippen LogP contribution in [0, 0.1) is 0 Å². The highest BCUT2D eigenvalue weighted by Crippen LogP contribution is 2.38. The van der Waals surface area contributed by atoms with Crippen LogP contribution in [0.25, 0.3) is 0 Å². The van der Waals surface area contributed by atoms with Gasteiger partial charge in [-0.15, -0.1) is 0 Å². The minimum absolute atomic E-state index is 0.265. The molecule has 0 fully saturated rings. The number of phenols is 1. The van der Waals surface area contributed by atoms with E-state index in [0.717, 1.165) is 18.0 Å². The van der Waals surface area contributed by atoms with Crippen molar-refractivity contribution in [3.05, 3.63) is 29.8 Å². The van der Waals surface area contributed by atoms with Gasteiger partial charge < -0.3 is 9.90 Å². The average molecular weight is 278 g/mol. The number of hydrogen-bond acceptors (Lipinski definition) is 2. The van der Waals surface area contributed by atoms with Crippen molar-refractivity contribution in [1.82, 2.24) is 0 Å². The molecule has 0 aliphatic carbocycles. The van der Waals surface area contributed by atoms with Crippen LogP contribution in [-0.2, 0) is 11.2 Å². The molecule has 106 valence electrons. The molecule has 0 radical (unpaired) electrons. The third-order valence-electron chi connectivity index (χ3n) is 4.30. The third kappa shape index (κ3) is 4.82. The first-order valence-electron chi connectivity index (χ1n) is 6.91. The van der Waals surface area contributed by atoms with E-state index in [-0.39, 0.29) is 10.8 Å². The maximum absolute atomic E-state index is 12.1. The second-order valence-corrected chi connectivity index (χ2v) is 12.6. The van der Waals surface area contributed by atoms with E-state index in [1.165, 1.54) is 0 Å². The zero-order valence-electron chi connectivity index (χ0n) is 12.8. The number of rotatable bonds is 5. The van der Waals surface area contributed by atoms with Gasteiger partial charge in [-0.05, 0) is 29.2 Å². The van der Waals surface area contributed by atoms with Gasteiger partial charge in [0.1, 0.15) is 11.5 Å². The van der Waals surface area contributed by atoms with Gasteiger partial charge in [0.05, 0.1) is 8.07 Å². The fourth-order valence-corrected chi connectivity index (χ4v) is 3.49. The molecule has 1 aromatic rings. The molecule has 0 heterocycles. The summed E-state index contributed by atoms with van der Waals surface area (Å²) in [6.07, 6.45) is 1.38. The molecule has 3 heteroatoms. The summed E-state index contributed by atoms with van der Waals surface area (Å²) in [5.41, 5.74) is 1.11. The fourth-order valence-electron chi connectivity index (χ4n) is 1.79. The van der Waals surface area contributed by atoms with Gasteiger partial charge in [0.15, 0.2) is 0 Å². The molecule has 0 aliphatic heterocycles. The van der Waals surface area contributed by atoms with Crippen molar-refractivity contribution < 1.29 is 9.90 Å². The number of aryl methyl sites for hydroxylation is 1. The van der Waals surface area contributed by atoms with Crippen LogP contribution < -0.4 is 0 Å². The van der Waals surface area contributed by atoms with Crippen LogP contribution in [0.1, 0.15) is 32.8 Å². The zero-order valence-corrected chi connectivity index (χ0v) is 13.8. The Morgan fingerprint density at radius 1 is 1.16 bits per heavy atom. The van der Waals surface area contributed by atoms with E-state index in [1.54, 1.807) is 12.1 Å². The first-order valence-corrected chi connectivity index (χ1v) is 10.1. The molecule has 0 atom stereocenters. The molecule has 2 nitrogen and oxygen atoms in total. The van der Waals surface area contributed by atoms with Gasteiger partial charge in [-0.1, -0.05) is 46.0 Å². The van der Waals surface area contributed by atoms with E-state index in [0.29, 0.717) is 12.2 Å². The lowest BCUT2D eigenvalue weighted by molar-refractivity contribution is -0.117. The van der Waals surface area contributed by atoms with Crippen LogP contribution in [0.4, 0.5) is 0 Å². The van der Waals surface area contributed by atoms with E-state index in [9.17, 15) is 9.90 Å². The molecule has 1 aromatic carbocycles. The Balaban J connectivity index is 2.51. The highest BCUT2D eigenvalue weighted by atomic mass is 28.3. The highest BCUT2D eigenvalue weighted by Gasteiger charge is 2.36. The number of benzene rings is 1. The van der Waals surface area contributed by atoms with Crippen LogP contribution in [-0.4, -0.2) is 19.0 Å². The second-order valence-electron chi connectivity index (χ2n) is 7.02. The SMILES string of the molecule is CC(C)(C)[Si](C)(C)CC(=O)CCc1ccc(O)cc1. The molecule has 0 saturated carbocycles. The Morgan fingerprint density at radius 3 is 2.16 bits per heavy atom. The lowest BCUT2D eigenvalue weighted by Gasteiger charge is -2.36. The molecule has 19 heavy (non-hydrogen) atoms. The van der Waals surface area contributed by atoms with Crippen molar-refractivity contribution in [3.63, 3.8) is 0 Å². The molecule has 1 N–H and O–H groups in total. The molecule has 0 aliphatic rings. The van der Waals surface area contributed by atoms with Crippen LogP contribution in [0.3, 0.4) is 0 Å². The smallest absolute Gasteiger partial charge is 0.130 e. The third-order valence-corrected chi connectivity index (χ3v) is 9.64. The number of ketones is 1. The lowest BCUT2D eigenvalue weighted by Crippen LogP contribution is -2.39. The summed E-state index contributed by atoms with van der Waals surface area (Å²) in [5.74, 6) is 0.649. The summed E-state index contributed by atoms with van der Waals surface area (Å²) in [4.78, 5) is 12.1. The zero-order chi connectivity index (χ0) is 14.7. The highest BCUT2D eigenvalue weighted by molar-refractivity contribution is 6.82. The molecule has 0 bridgehead atoms. The van der Waals surface area contributed by atoms with Gasteiger partial charge in [-0.3, -0.25) is 0 Å². The molecule has 0 saturated heterocycles. The number of Topliss-reactive ketones (excluding diaryl/α,β-unsaturated/α-hetero) is 1. The average Bonchev–Trinajstić information content (AvgIpc) is 2.26. The Labute approximate surface area is 117 Å². The van der Waals surface area contributed by atoms with E-state index in [2.05, 4.69) is 33.9 Å². The standard InChI is InChI=1S/C16H26O2Si/c1-16(2,3)19(4,5)12-15(18)11-8-13-6-9-14(17)10-7-13/h6-7,9-10,17H,8,11-12H2,1-5H3. The predicted molar refractivity (Wildman–Crippen MR) is 83.4 cm³/mol. The van der Waals surface area contributed by atoms with Crippen LogP contribution in [0.5, 0.6) is 5.75 Å². The maximum atomic E-state index is 12.1. The molecule has 0 aromatic heterocycles. The van der Waals surface area contributed by atoms with Gasteiger partial charge in [-0.2, -0.15) is 0 Å². The van der Waals surface area contributed by atoms with Crippen LogP contribution in [0.2, 0.25) is 24.2 Å². The Hall–Kier alpha value is -1.09. The molecule has 0 amide bonds. The Morgan fingerprint density at radius 2 is 1.68 bits per heavy atom. The summed E-state index contributed by atoms with van der Waals surface area (Å²) < 4.78 is 0. The monoisotopic (exact) mass is 278 g/mol. The van der Waals surface area contributed by atoms with Crippen molar-refractivity contribution in [3.8, 4) is 5.75 Å². The van der Waals surface area contributed by atoms with E-state index in [4.69, 9.17) is 0 Å². The predicted octanol–water partition coefficient (Wildman–Crippen LogP) is 4.40. The van der Waals surface area contributed by atoms with E-state index < -0.39 is 8.07 Å². The number of carbonyl (C=O) groups is 1. The Bertz CT molecular complexity index is 427. The number of carbonyl (C=O) groups excluding carboxylic acids is 1. The van der Waals surface area contributed by atoms with Crippen molar-refractivity contribution in [2.24, 2.45) is 0 Å². The number of aromatic hydroxyl groups is 1. The first kappa shape index (κ1) is 16.0. The second kappa shape index (κ2) is 5.91. The quantitative estimate of drug-likeness (QED) is 0.810. The van der Waals surface area contributed by atoms with Crippen molar-refractivity contribution >= 4 is 13.9 Å². The number of phenolic OH excluding ortho intramolecular Hbond substituents is 1. The first-order chi connectivity index (χ1) is 8.62. The fraction of sp³-hybridized carbons (Fsp3) is 0.562. The maximum Gasteiger partial charge on any atom is 0.130 e. The summed E-state index contributed by atoms with van der Waals surface area (Å²) in [6.45, 7) is 11.3. The lowest BCUT2D eigenvalue weighted by atomic mass is 10.1. The topological polar surface area (TPSA) is 37.3 Å². The summed E-state index contributed by atoms with van der Waals surface area (Å²) >= 11 is 0. The molecule has 0 spiro atoms. The normalized spacial score (nSPS) is 12.5. The van der Waals surface area contributed by atoms with Crippen molar-refractivity contribution in [2.45, 2.75) is 57.8 Å². The van der Waals surface area contributed by atoms with Gasteiger partial charge in [0.2, 0.25) is 0 Å². The summed E-state index contributed by atoms with van der Waals surface area (Å²) in [7, 11) is -1.50. The van der Waals surface area contributed by atoms with E-state index >= 15 is 0 Å². The van der Waals surface area contributed by atoms with Crippen molar-refractivity contribution in [1.29, 1.82) is 0 Å². The molecule has 1 rings (SSSR count). The van der Waals surface area contributed by atoms with Gasteiger partial charge in [0, 0.05) is 12.5 Å². The number of hydrogen-bond donors (Lipinski definition) is 1. The van der Waals surface area contributed by atoms with Crippen LogP contribution >= 0.6 is 0 Å². The molecular formula is C16H26O2Si. The molecular weight excluding hydrogens is 252 g/mol. The minimum Gasteiger partial charge on any atom is -0.508 e. The van der Waals surface area contributed by atoms with Crippen molar-refractivity contribution in [2.75, 3.05) is 0 Å². The van der Waals surface area contributed by atoms with Gasteiger partial charge in [-0.25, -0.2) is 0 Å². The van der Waals surface area contributed by atoms with E-state index in [1.807, 2.05) is 12.1 Å². The summed E-state index contributed by atoms with van der Waals surface area (Å²) in [6, 6.07) is 7.87. The summed E-state index contributed by atoms with van der Waals surface area (Å²) in [5, 5.41) is 9.48. The largest absolute Gasteiger partial charge is 0.508 e.